The molecule has 0 aromatic carbocycles. The monoisotopic (exact) mass is 249 g/mol. The lowest BCUT2D eigenvalue weighted by atomic mass is 9.97. The lowest BCUT2D eigenvalue weighted by Gasteiger charge is -2.36. The number of ether oxygens (including phenoxy) is 1. The van der Waals surface area contributed by atoms with Crippen LogP contribution in [0.1, 0.15) is 33.1 Å². The van der Waals surface area contributed by atoms with E-state index in [1.165, 1.54) is 25.8 Å². The van der Waals surface area contributed by atoms with Crippen molar-refractivity contribution in [3.63, 3.8) is 0 Å². The first-order valence-corrected chi connectivity index (χ1v) is 6.93. The van der Waals surface area contributed by atoms with Crippen LogP contribution in [-0.2, 0) is 0 Å². The summed E-state index contributed by atoms with van der Waals surface area (Å²) in [7, 11) is 0. The summed E-state index contributed by atoms with van der Waals surface area (Å²) in [5, 5.41) is 0. The van der Waals surface area contributed by atoms with Crippen molar-refractivity contribution in [2.24, 2.45) is 5.92 Å². The van der Waals surface area contributed by atoms with Crippen LogP contribution in [0.15, 0.2) is 18.5 Å². The first-order chi connectivity index (χ1) is 8.79. The van der Waals surface area contributed by atoms with E-state index in [0.29, 0.717) is 18.0 Å². The standard InChI is InChI=1S/C14H23N3O/c1-3-12(2)17-9-4-6-13(10-17)11-18-14-15-7-5-8-16-14/h5,7-8,12-13H,3-4,6,9-11H2,1-2H3. The molecule has 4 heteroatoms. The number of hydrogen-bond acceptors (Lipinski definition) is 4. The van der Waals surface area contributed by atoms with E-state index in [1.54, 1.807) is 18.5 Å². The molecule has 100 valence electrons. The molecule has 2 rings (SSSR count). The molecule has 1 aliphatic heterocycles. The Balaban J connectivity index is 1.79. The molecule has 1 aromatic heterocycles. The minimum Gasteiger partial charge on any atom is -0.463 e. The van der Waals surface area contributed by atoms with E-state index >= 15 is 0 Å². The highest BCUT2D eigenvalue weighted by atomic mass is 16.5. The third-order valence-corrected chi connectivity index (χ3v) is 3.75. The number of rotatable bonds is 5. The smallest absolute Gasteiger partial charge is 0.316 e. The summed E-state index contributed by atoms with van der Waals surface area (Å²) in [5.74, 6) is 0.608. The Kier molecular flexibility index (Phi) is 4.93. The molecule has 2 unspecified atom stereocenters. The van der Waals surface area contributed by atoms with E-state index in [-0.39, 0.29) is 0 Å². The van der Waals surface area contributed by atoms with Crippen LogP contribution in [0.2, 0.25) is 0 Å². The van der Waals surface area contributed by atoms with Gasteiger partial charge in [-0.15, -0.1) is 0 Å². The fraction of sp³-hybridized carbons (Fsp3) is 0.714. The molecule has 0 spiro atoms. The van der Waals surface area contributed by atoms with E-state index in [9.17, 15) is 0 Å². The molecule has 2 atom stereocenters. The number of aromatic nitrogens is 2. The molecule has 0 N–H and O–H groups in total. The molecule has 1 aromatic rings. The Bertz CT molecular complexity index is 344. The van der Waals surface area contributed by atoms with Gasteiger partial charge in [-0.25, -0.2) is 9.97 Å². The summed E-state index contributed by atoms with van der Waals surface area (Å²) in [4.78, 5) is 10.7. The first kappa shape index (κ1) is 13.3. The quantitative estimate of drug-likeness (QED) is 0.803. The van der Waals surface area contributed by atoms with Gasteiger partial charge >= 0.3 is 6.01 Å². The van der Waals surface area contributed by atoms with Crippen LogP contribution in [0.5, 0.6) is 6.01 Å². The summed E-state index contributed by atoms with van der Waals surface area (Å²) in [5.41, 5.74) is 0. The zero-order valence-electron chi connectivity index (χ0n) is 11.4. The topological polar surface area (TPSA) is 38.2 Å². The average molecular weight is 249 g/mol. The van der Waals surface area contributed by atoms with Gasteiger partial charge in [-0.3, -0.25) is 0 Å². The third kappa shape index (κ3) is 3.67. The number of nitrogens with zero attached hydrogens (tertiary/aromatic N) is 3. The van der Waals surface area contributed by atoms with Crippen LogP contribution in [0.25, 0.3) is 0 Å². The average Bonchev–Trinajstić information content (AvgIpc) is 2.45. The normalized spacial score (nSPS) is 22.7. The summed E-state index contributed by atoms with van der Waals surface area (Å²) in [6.45, 7) is 7.66. The van der Waals surface area contributed by atoms with Crippen LogP contribution < -0.4 is 4.74 Å². The maximum Gasteiger partial charge on any atom is 0.316 e. The van der Waals surface area contributed by atoms with Crippen molar-refractivity contribution < 1.29 is 4.74 Å². The highest BCUT2D eigenvalue weighted by molar-refractivity contribution is 4.93. The van der Waals surface area contributed by atoms with Crippen LogP contribution in [0, 0.1) is 5.92 Å². The highest BCUT2D eigenvalue weighted by Crippen LogP contribution is 2.20. The van der Waals surface area contributed by atoms with Gasteiger partial charge in [0.05, 0.1) is 6.61 Å². The van der Waals surface area contributed by atoms with Gasteiger partial charge in [-0.1, -0.05) is 6.92 Å². The lowest BCUT2D eigenvalue weighted by Crippen LogP contribution is -2.42. The molecular formula is C14H23N3O. The zero-order chi connectivity index (χ0) is 12.8. The summed E-state index contributed by atoms with van der Waals surface area (Å²) < 4.78 is 5.66. The molecule has 4 nitrogen and oxygen atoms in total. The minimum atomic E-state index is 0.498. The molecule has 1 saturated heterocycles. The molecule has 0 aliphatic carbocycles. The van der Waals surface area contributed by atoms with Gasteiger partial charge in [0.2, 0.25) is 0 Å². The Labute approximate surface area is 109 Å². The molecule has 0 amide bonds. The summed E-state index contributed by atoms with van der Waals surface area (Å²) >= 11 is 0. The van der Waals surface area contributed by atoms with Crippen LogP contribution in [-0.4, -0.2) is 40.6 Å². The van der Waals surface area contributed by atoms with Crippen molar-refractivity contribution in [1.82, 2.24) is 14.9 Å². The van der Waals surface area contributed by atoms with Gasteiger partial charge in [0.1, 0.15) is 0 Å². The van der Waals surface area contributed by atoms with Crippen molar-refractivity contribution in [2.45, 2.75) is 39.2 Å². The van der Waals surface area contributed by atoms with Gasteiger partial charge in [0.25, 0.3) is 0 Å². The van der Waals surface area contributed by atoms with Gasteiger partial charge in [-0.2, -0.15) is 0 Å². The van der Waals surface area contributed by atoms with Crippen molar-refractivity contribution >= 4 is 0 Å². The minimum absolute atomic E-state index is 0.498. The van der Waals surface area contributed by atoms with E-state index in [0.717, 1.165) is 13.2 Å². The lowest BCUT2D eigenvalue weighted by molar-refractivity contribution is 0.0962. The van der Waals surface area contributed by atoms with E-state index in [1.807, 2.05) is 0 Å². The zero-order valence-corrected chi connectivity index (χ0v) is 11.4. The molecular weight excluding hydrogens is 226 g/mol. The largest absolute Gasteiger partial charge is 0.463 e. The third-order valence-electron chi connectivity index (χ3n) is 3.75. The molecule has 0 saturated carbocycles. The number of hydrogen-bond donors (Lipinski definition) is 0. The van der Waals surface area contributed by atoms with Crippen molar-refractivity contribution in [3.8, 4) is 6.01 Å². The molecule has 2 heterocycles. The van der Waals surface area contributed by atoms with Gasteiger partial charge in [-0.05, 0) is 38.8 Å². The second-order valence-electron chi connectivity index (χ2n) is 5.10. The van der Waals surface area contributed by atoms with Gasteiger partial charge in [0.15, 0.2) is 0 Å². The second kappa shape index (κ2) is 6.69. The Morgan fingerprint density at radius 2 is 2.22 bits per heavy atom. The molecule has 0 bridgehead atoms. The predicted molar refractivity (Wildman–Crippen MR) is 71.6 cm³/mol. The molecule has 0 radical (unpaired) electrons. The van der Waals surface area contributed by atoms with Crippen LogP contribution in [0.3, 0.4) is 0 Å². The van der Waals surface area contributed by atoms with Crippen LogP contribution >= 0.6 is 0 Å². The molecule has 1 fully saturated rings. The Hall–Kier alpha value is -1.16. The number of likely N-dealkylation sites (tertiary alicyclic amines) is 1. The maximum absolute atomic E-state index is 5.66. The van der Waals surface area contributed by atoms with Gasteiger partial charge < -0.3 is 9.64 Å². The molecule has 1 aliphatic rings. The van der Waals surface area contributed by atoms with Crippen molar-refractivity contribution in [2.75, 3.05) is 19.7 Å². The predicted octanol–water partition coefficient (Wildman–Crippen LogP) is 2.37. The molecule has 18 heavy (non-hydrogen) atoms. The maximum atomic E-state index is 5.66. The van der Waals surface area contributed by atoms with E-state index in [4.69, 9.17) is 4.74 Å². The Morgan fingerprint density at radius 1 is 1.44 bits per heavy atom. The SMILES string of the molecule is CCC(C)N1CCCC(COc2ncccn2)C1. The van der Waals surface area contributed by atoms with Gasteiger partial charge in [0, 0.05) is 30.9 Å². The van der Waals surface area contributed by atoms with E-state index < -0.39 is 0 Å². The number of piperidine rings is 1. The second-order valence-corrected chi connectivity index (χ2v) is 5.10. The summed E-state index contributed by atoms with van der Waals surface area (Å²) in [6.07, 6.45) is 7.17. The fourth-order valence-corrected chi connectivity index (χ4v) is 2.44. The van der Waals surface area contributed by atoms with E-state index in [2.05, 4.69) is 28.7 Å². The first-order valence-electron chi connectivity index (χ1n) is 6.93. The highest BCUT2D eigenvalue weighted by Gasteiger charge is 2.23. The van der Waals surface area contributed by atoms with Crippen LogP contribution in [0.4, 0.5) is 0 Å². The Morgan fingerprint density at radius 3 is 2.94 bits per heavy atom. The summed E-state index contributed by atoms with van der Waals surface area (Å²) in [6, 6.07) is 2.98. The fourth-order valence-electron chi connectivity index (χ4n) is 2.44. The van der Waals surface area contributed by atoms with Crippen molar-refractivity contribution in [1.29, 1.82) is 0 Å². The van der Waals surface area contributed by atoms with Crippen molar-refractivity contribution in [3.05, 3.63) is 18.5 Å².